The van der Waals surface area contributed by atoms with E-state index in [4.69, 9.17) is 23.2 Å². The number of rotatable bonds is 4. The van der Waals surface area contributed by atoms with Crippen LogP contribution in [0.5, 0.6) is 5.88 Å². The van der Waals surface area contributed by atoms with Gasteiger partial charge in [-0.3, -0.25) is 0 Å². The van der Waals surface area contributed by atoms with E-state index >= 15 is 4.39 Å². The second-order valence-corrected chi connectivity index (χ2v) is 10.3. The Balaban J connectivity index is 1.79. The Morgan fingerprint density at radius 1 is 1.11 bits per heavy atom. The summed E-state index contributed by atoms with van der Waals surface area (Å²) in [5, 5.41) is 11.9. The van der Waals surface area contributed by atoms with Gasteiger partial charge in [0, 0.05) is 27.9 Å². The molecule has 0 unspecified atom stereocenters. The Kier molecular flexibility index (Phi) is 6.09. The Hall–Kier alpha value is -3.26. The van der Waals surface area contributed by atoms with E-state index in [1.165, 1.54) is 21.8 Å². The van der Waals surface area contributed by atoms with Crippen LogP contribution in [0.25, 0.3) is 27.9 Å². The van der Waals surface area contributed by atoms with Crippen molar-refractivity contribution in [3.8, 4) is 28.1 Å². The van der Waals surface area contributed by atoms with Crippen molar-refractivity contribution in [1.29, 1.82) is 0 Å². The standard InChI is InChI=1S/C26H18Cl2FN3O2S/c1-14-5-7-18(20(27)10-14)16-6-8-21(29)19(11-16)22-24(33)31-9-3-4-15(2)23(31)32(25(22)34)13-17-12-30-26(28)35-17/h3-12H,13H2,1-2H3/p+1. The summed E-state index contributed by atoms with van der Waals surface area (Å²) in [6.45, 7) is 3.96. The molecule has 0 bridgehead atoms. The predicted octanol–water partition coefficient (Wildman–Crippen LogP) is 6.19. The van der Waals surface area contributed by atoms with Gasteiger partial charge in [0.15, 0.2) is 10.0 Å². The molecule has 5 aromatic rings. The van der Waals surface area contributed by atoms with Gasteiger partial charge in [-0.05, 0) is 55.3 Å². The SMILES string of the molecule is Cc1ccc(-c2ccc(F)c(-c3c(O)[n+](Cc4cnc(Cl)s4)c4c(C)cccn4c3=O)c2)c(Cl)c1. The maximum atomic E-state index is 15.2. The van der Waals surface area contributed by atoms with E-state index < -0.39 is 11.4 Å². The number of pyridine rings is 1. The van der Waals surface area contributed by atoms with Crippen molar-refractivity contribution < 1.29 is 14.1 Å². The molecular formula is C26H19Cl2FN3O2S+. The van der Waals surface area contributed by atoms with Crippen LogP contribution in [0.2, 0.25) is 9.49 Å². The van der Waals surface area contributed by atoms with Crippen LogP contribution in [0.4, 0.5) is 4.39 Å². The maximum Gasteiger partial charge on any atom is 0.354 e. The van der Waals surface area contributed by atoms with Crippen molar-refractivity contribution in [1.82, 2.24) is 9.38 Å². The fraction of sp³-hybridized carbons (Fsp3) is 0.115. The number of aromatic hydroxyl groups is 1. The highest BCUT2D eigenvalue weighted by atomic mass is 35.5. The molecule has 0 saturated heterocycles. The second kappa shape index (κ2) is 9.07. The van der Waals surface area contributed by atoms with Gasteiger partial charge in [0.05, 0.1) is 11.1 Å². The summed E-state index contributed by atoms with van der Waals surface area (Å²) in [6, 6.07) is 13.6. The fourth-order valence-corrected chi connectivity index (χ4v) is 5.51. The van der Waals surface area contributed by atoms with Gasteiger partial charge in [0.2, 0.25) is 0 Å². The number of aromatic nitrogens is 3. The molecule has 3 heterocycles. The highest BCUT2D eigenvalue weighted by Gasteiger charge is 2.29. The minimum Gasteiger partial charge on any atom is -0.477 e. The molecule has 0 aliphatic heterocycles. The van der Waals surface area contributed by atoms with Gasteiger partial charge >= 0.3 is 5.56 Å². The lowest BCUT2D eigenvalue weighted by molar-refractivity contribution is -0.671. The molecule has 5 rings (SSSR count). The van der Waals surface area contributed by atoms with Crippen LogP contribution in [0.1, 0.15) is 16.0 Å². The van der Waals surface area contributed by atoms with Crippen molar-refractivity contribution >= 4 is 40.2 Å². The number of hydrogen-bond donors (Lipinski definition) is 1. The maximum absolute atomic E-state index is 15.2. The number of hydrogen-bond acceptors (Lipinski definition) is 4. The molecule has 0 fully saturated rings. The third-order valence-electron chi connectivity index (χ3n) is 5.84. The van der Waals surface area contributed by atoms with Crippen molar-refractivity contribution in [2.75, 3.05) is 0 Å². The van der Waals surface area contributed by atoms with Crippen molar-refractivity contribution in [2.24, 2.45) is 0 Å². The monoisotopic (exact) mass is 526 g/mol. The quantitative estimate of drug-likeness (QED) is 0.284. The van der Waals surface area contributed by atoms with Gasteiger partial charge in [-0.15, -0.1) is 11.3 Å². The minimum absolute atomic E-state index is 0.0198. The third kappa shape index (κ3) is 4.20. The van der Waals surface area contributed by atoms with Gasteiger partial charge in [0.25, 0.3) is 11.5 Å². The summed E-state index contributed by atoms with van der Waals surface area (Å²) in [7, 11) is 0. The Morgan fingerprint density at radius 2 is 1.91 bits per heavy atom. The van der Waals surface area contributed by atoms with E-state index in [1.54, 1.807) is 35.2 Å². The normalized spacial score (nSPS) is 11.3. The first-order valence-electron chi connectivity index (χ1n) is 10.7. The zero-order valence-electron chi connectivity index (χ0n) is 18.7. The van der Waals surface area contributed by atoms with E-state index in [-0.39, 0.29) is 23.6 Å². The minimum atomic E-state index is -0.635. The molecule has 5 nitrogen and oxygen atoms in total. The Bertz CT molecular complexity index is 1680. The molecule has 0 aliphatic rings. The molecule has 3 aromatic heterocycles. The van der Waals surface area contributed by atoms with Crippen molar-refractivity contribution in [3.05, 3.63) is 103 Å². The van der Waals surface area contributed by atoms with E-state index in [0.29, 0.717) is 26.3 Å². The van der Waals surface area contributed by atoms with E-state index in [2.05, 4.69) is 4.98 Å². The lowest BCUT2D eigenvalue weighted by Gasteiger charge is -2.13. The highest BCUT2D eigenvalue weighted by molar-refractivity contribution is 7.15. The molecule has 35 heavy (non-hydrogen) atoms. The summed E-state index contributed by atoms with van der Waals surface area (Å²) in [5.74, 6) is -0.982. The van der Waals surface area contributed by atoms with Gasteiger partial charge in [0.1, 0.15) is 12.4 Å². The van der Waals surface area contributed by atoms with E-state index in [0.717, 1.165) is 16.0 Å². The zero-order valence-corrected chi connectivity index (χ0v) is 21.0. The van der Waals surface area contributed by atoms with Crippen molar-refractivity contribution in [3.63, 3.8) is 0 Å². The largest absolute Gasteiger partial charge is 0.477 e. The summed E-state index contributed by atoms with van der Waals surface area (Å²) in [4.78, 5) is 18.4. The molecule has 0 amide bonds. The van der Waals surface area contributed by atoms with Crippen LogP contribution in [0.3, 0.4) is 0 Å². The number of nitrogens with zero attached hydrogens (tertiary/aromatic N) is 3. The molecule has 1 N–H and O–H groups in total. The number of benzene rings is 2. The molecular weight excluding hydrogens is 508 g/mol. The third-order valence-corrected chi connectivity index (χ3v) is 7.25. The number of halogens is 3. The summed E-state index contributed by atoms with van der Waals surface area (Å²) in [6.07, 6.45) is 3.21. The van der Waals surface area contributed by atoms with E-state index in [9.17, 15) is 9.90 Å². The fourth-order valence-electron chi connectivity index (χ4n) is 4.20. The molecule has 0 atom stereocenters. The van der Waals surface area contributed by atoms with Crippen LogP contribution < -0.4 is 10.1 Å². The topological polar surface area (TPSA) is 58.5 Å². The van der Waals surface area contributed by atoms with Crippen LogP contribution in [0.15, 0.2) is 65.7 Å². The Labute approximate surface area is 214 Å². The average Bonchev–Trinajstić information content (AvgIpc) is 3.23. The van der Waals surface area contributed by atoms with Crippen LogP contribution in [-0.2, 0) is 6.54 Å². The lowest BCUT2D eigenvalue weighted by atomic mass is 9.98. The van der Waals surface area contributed by atoms with Gasteiger partial charge in [-0.2, -0.15) is 8.97 Å². The molecule has 0 aliphatic carbocycles. The molecule has 176 valence electrons. The number of fused-ring (bicyclic) bond motifs is 1. The molecule has 2 aromatic carbocycles. The predicted molar refractivity (Wildman–Crippen MR) is 137 cm³/mol. The lowest BCUT2D eigenvalue weighted by Crippen LogP contribution is -2.41. The summed E-state index contributed by atoms with van der Waals surface area (Å²) < 4.78 is 18.6. The molecule has 0 radical (unpaired) electrons. The highest BCUT2D eigenvalue weighted by Crippen LogP contribution is 2.34. The second-order valence-electron chi connectivity index (χ2n) is 8.23. The first kappa shape index (κ1) is 23.5. The molecule has 9 heteroatoms. The van der Waals surface area contributed by atoms with Crippen LogP contribution in [0, 0.1) is 19.7 Å². The molecule has 0 spiro atoms. The summed E-state index contributed by atoms with van der Waals surface area (Å²) >= 11 is 13.7. The van der Waals surface area contributed by atoms with E-state index in [1.807, 2.05) is 38.1 Å². The number of aryl methyl sites for hydroxylation is 2. The van der Waals surface area contributed by atoms with Crippen LogP contribution in [-0.4, -0.2) is 14.5 Å². The van der Waals surface area contributed by atoms with Gasteiger partial charge in [-0.25, -0.2) is 14.2 Å². The van der Waals surface area contributed by atoms with Crippen LogP contribution >= 0.6 is 34.5 Å². The smallest absolute Gasteiger partial charge is 0.354 e. The zero-order chi connectivity index (χ0) is 24.9. The number of thiazole rings is 1. The summed E-state index contributed by atoms with van der Waals surface area (Å²) in [5.41, 5.74) is 2.86. The first-order valence-corrected chi connectivity index (χ1v) is 12.2. The van der Waals surface area contributed by atoms with Gasteiger partial charge < -0.3 is 5.11 Å². The van der Waals surface area contributed by atoms with Gasteiger partial charge in [-0.1, -0.05) is 41.4 Å². The first-order chi connectivity index (χ1) is 16.7. The Morgan fingerprint density at radius 3 is 2.63 bits per heavy atom. The van der Waals surface area contributed by atoms with Crippen molar-refractivity contribution in [2.45, 2.75) is 20.4 Å². The molecule has 0 saturated carbocycles. The average molecular weight is 527 g/mol.